The van der Waals surface area contributed by atoms with E-state index in [4.69, 9.17) is 0 Å². The highest BCUT2D eigenvalue weighted by molar-refractivity contribution is 5.90. The van der Waals surface area contributed by atoms with E-state index < -0.39 is 19.4 Å². The number of alkyl halides is 2. The van der Waals surface area contributed by atoms with E-state index in [9.17, 15) is 13.6 Å². The third kappa shape index (κ3) is 4.39. The summed E-state index contributed by atoms with van der Waals surface area (Å²) in [5.41, 5.74) is 2.70. The van der Waals surface area contributed by atoms with Gasteiger partial charge in [-0.2, -0.15) is 5.10 Å². The Bertz CT molecular complexity index is 1130. The standard InChI is InChI=1S/C23H27F2N7O/c1-31-13-16(12-27-31)14-2-3-15-11-26-22(29-21(15)6-14)30-23(33)32-19-4-5-20(32)8-17(7-19)28-18(9-24)10-25/h2-3,6,11-13,17-20,28H,4-5,7-10H2,1H3,(H,26,29,30,33)/t17-,19-,20+. The van der Waals surface area contributed by atoms with Crippen LogP contribution in [0.25, 0.3) is 22.0 Å². The first kappa shape index (κ1) is 21.7. The molecule has 10 heteroatoms. The van der Waals surface area contributed by atoms with Crippen LogP contribution in [0.5, 0.6) is 0 Å². The van der Waals surface area contributed by atoms with E-state index in [0.717, 1.165) is 34.9 Å². The molecule has 8 nitrogen and oxygen atoms in total. The molecule has 0 spiro atoms. The minimum atomic E-state index is -0.766. The van der Waals surface area contributed by atoms with Gasteiger partial charge in [-0.25, -0.2) is 23.5 Å². The van der Waals surface area contributed by atoms with Crippen molar-refractivity contribution in [3.8, 4) is 11.1 Å². The highest BCUT2D eigenvalue weighted by Crippen LogP contribution is 2.36. The van der Waals surface area contributed by atoms with Crippen LogP contribution in [0.4, 0.5) is 19.5 Å². The van der Waals surface area contributed by atoms with Crippen LogP contribution in [0.3, 0.4) is 0 Å². The van der Waals surface area contributed by atoms with Gasteiger partial charge in [0.2, 0.25) is 5.95 Å². The summed E-state index contributed by atoms with van der Waals surface area (Å²) < 4.78 is 27.6. The van der Waals surface area contributed by atoms with Gasteiger partial charge in [0, 0.05) is 48.5 Å². The molecule has 2 saturated heterocycles. The van der Waals surface area contributed by atoms with E-state index >= 15 is 0 Å². The third-order valence-electron chi connectivity index (χ3n) is 6.65. The molecule has 5 rings (SSSR count). The van der Waals surface area contributed by atoms with Gasteiger partial charge >= 0.3 is 6.03 Å². The van der Waals surface area contributed by atoms with Crippen molar-refractivity contribution in [1.82, 2.24) is 30.0 Å². The average Bonchev–Trinajstić information content (AvgIpc) is 3.37. The summed E-state index contributed by atoms with van der Waals surface area (Å²) in [6.45, 7) is -1.46. The lowest BCUT2D eigenvalue weighted by Gasteiger charge is -2.39. The molecule has 2 N–H and O–H groups in total. The maximum absolute atomic E-state index is 13.1. The molecule has 33 heavy (non-hydrogen) atoms. The normalized spacial score (nSPS) is 22.3. The molecule has 4 heterocycles. The molecule has 2 aromatic heterocycles. The van der Waals surface area contributed by atoms with Crippen molar-refractivity contribution in [1.29, 1.82) is 0 Å². The number of amides is 2. The van der Waals surface area contributed by atoms with Gasteiger partial charge in [0.05, 0.1) is 17.8 Å². The van der Waals surface area contributed by atoms with E-state index in [1.807, 2.05) is 36.3 Å². The number of benzene rings is 1. The fourth-order valence-electron chi connectivity index (χ4n) is 5.10. The van der Waals surface area contributed by atoms with Crippen molar-refractivity contribution in [3.05, 3.63) is 36.8 Å². The van der Waals surface area contributed by atoms with Gasteiger partial charge in [0.15, 0.2) is 0 Å². The minimum absolute atomic E-state index is 0.0193. The van der Waals surface area contributed by atoms with Crippen molar-refractivity contribution < 1.29 is 13.6 Å². The molecule has 2 aliphatic heterocycles. The first-order chi connectivity index (χ1) is 16.0. The summed E-state index contributed by atoms with van der Waals surface area (Å²) in [6.07, 6.45) is 8.58. The van der Waals surface area contributed by atoms with Crippen molar-refractivity contribution in [3.63, 3.8) is 0 Å². The number of fused-ring (bicyclic) bond motifs is 3. The largest absolute Gasteiger partial charge is 0.324 e. The minimum Gasteiger partial charge on any atom is -0.318 e. The number of nitrogens with zero attached hydrogens (tertiary/aromatic N) is 5. The van der Waals surface area contributed by atoms with Gasteiger partial charge in [0.1, 0.15) is 13.3 Å². The van der Waals surface area contributed by atoms with E-state index in [-0.39, 0.29) is 30.1 Å². The molecule has 2 aliphatic rings. The van der Waals surface area contributed by atoms with E-state index in [2.05, 4.69) is 25.7 Å². The number of anilines is 1. The van der Waals surface area contributed by atoms with Crippen LogP contribution in [0, 0.1) is 0 Å². The number of carbonyl (C=O) groups is 1. The fourth-order valence-corrected chi connectivity index (χ4v) is 5.10. The van der Waals surface area contributed by atoms with E-state index in [1.54, 1.807) is 17.1 Å². The zero-order valence-corrected chi connectivity index (χ0v) is 18.4. The van der Waals surface area contributed by atoms with Gasteiger partial charge in [-0.05, 0) is 37.3 Å². The molecule has 0 unspecified atom stereocenters. The first-order valence-electron chi connectivity index (χ1n) is 11.3. The number of aryl methyl sites for hydroxylation is 1. The smallest absolute Gasteiger partial charge is 0.318 e. The summed E-state index contributed by atoms with van der Waals surface area (Å²) in [4.78, 5) is 23.8. The summed E-state index contributed by atoms with van der Waals surface area (Å²) in [5, 5.41) is 11.0. The van der Waals surface area contributed by atoms with Crippen LogP contribution in [0.15, 0.2) is 36.8 Å². The van der Waals surface area contributed by atoms with Gasteiger partial charge in [-0.15, -0.1) is 0 Å². The van der Waals surface area contributed by atoms with Crippen molar-refractivity contribution >= 4 is 22.9 Å². The molecule has 0 aliphatic carbocycles. The Balaban J connectivity index is 1.29. The molecule has 3 atom stereocenters. The lowest BCUT2D eigenvalue weighted by atomic mass is 9.97. The SMILES string of the molecule is Cn1cc(-c2ccc3cnc(NC(=O)N4[C@@H]5CC[C@H]4C[C@H](NC(CF)CF)C5)nc3c2)cn1. The molecule has 3 aromatic rings. The number of piperidine rings is 1. The van der Waals surface area contributed by atoms with Crippen molar-refractivity contribution in [2.45, 2.75) is 49.9 Å². The van der Waals surface area contributed by atoms with Gasteiger partial charge < -0.3 is 10.2 Å². The van der Waals surface area contributed by atoms with Gasteiger partial charge in [-0.1, -0.05) is 12.1 Å². The number of urea groups is 1. The topological polar surface area (TPSA) is 88.0 Å². The van der Waals surface area contributed by atoms with Crippen molar-refractivity contribution in [2.24, 2.45) is 7.05 Å². The second kappa shape index (κ2) is 9.01. The highest BCUT2D eigenvalue weighted by Gasteiger charge is 2.43. The second-order valence-corrected chi connectivity index (χ2v) is 8.93. The lowest BCUT2D eigenvalue weighted by Crippen LogP contribution is -2.54. The Labute approximate surface area is 190 Å². The summed E-state index contributed by atoms with van der Waals surface area (Å²) in [5.74, 6) is 0.255. The number of carbonyl (C=O) groups excluding carboxylic acids is 1. The molecule has 0 saturated carbocycles. The van der Waals surface area contributed by atoms with Crippen LogP contribution in [-0.4, -0.2) is 68.2 Å². The third-order valence-corrected chi connectivity index (χ3v) is 6.65. The maximum Gasteiger partial charge on any atom is 0.324 e. The Morgan fingerprint density at radius 2 is 1.91 bits per heavy atom. The molecular weight excluding hydrogens is 428 g/mol. The van der Waals surface area contributed by atoms with Crippen LogP contribution >= 0.6 is 0 Å². The lowest BCUT2D eigenvalue weighted by molar-refractivity contribution is 0.133. The van der Waals surface area contributed by atoms with Gasteiger partial charge in [-0.3, -0.25) is 10.00 Å². The molecular formula is C23H27F2N7O. The molecule has 2 amide bonds. The molecule has 2 bridgehead atoms. The monoisotopic (exact) mass is 455 g/mol. The molecule has 2 fully saturated rings. The maximum atomic E-state index is 13.1. The summed E-state index contributed by atoms with van der Waals surface area (Å²) >= 11 is 0. The first-order valence-corrected chi connectivity index (χ1v) is 11.3. The number of rotatable bonds is 6. The van der Waals surface area contributed by atoms with E-state index in [0.29, 0.717) is 12.8 Å². The number of halogens is 2. The van der Waals surface area contributed by atoms with Crippen LogP contribution < -0.4 is 10.6 Å². The summed E-state index contributed by atoms with van der Waals surface area (Å²) in [7, 11) is 1.87. The molecule has 1 aromatic carbocycles. The Hall–Kier alpha value is -3.14. The number of aromatic nitrogens is 4. The predicted octanol–water partition coefficient (Wildman–Crippen LogP) is 3.45. The Morgan fingerprint density at radius 1 is 1.15 bits per heavy atom. The predicted molar refractivity (Wildman–Crippen MR) is 121 cm³/mol. The van der Waals surface area contributed by atoms with Crippen LogP contribution in [0.1, 0.15) is 25.7 Å². The molecule has 0 radical (unpaired) electrons. The zero-order valence-electron chi connectivity index (χ0n) is 18.4. The van der Waals surface area contributed by atoms with Crippen molar-refractivity contribution in [2.75, 3.05) is 18.7 Å². The quantitative estimate of drug-likeness (QED) is 0.595. The van der Waals surface area contributed by atoms with E-state index in [1.165, 1.54) is 0 Å². The number of nitrogens with one attached hydrogen (secondary N) is 2. The Kier molecular flexibility index (Phi) is 5.92. The average molecular weight is 456 g/mol. The molecule has 174 valence electrons. The highest BCUT2D eigenvalue weighted by atomic mass is 19.1. The number of hydrogen-bond donors (Lipinski definition) is 2. The van der Waals surface area contributed by atoms with Gasteiger partial charge in [0.25, 0.3) is 0 Å². The zero-order chi connectivity index (χ0) is 22.9. The second-order valence-electron chi connectivity index (χ2n) is 8.93. The number of hydrogen-bond acceptors (Lipinski definition) is 5. The summed E-state index contributed by atoms with van der Waals surface area (Å²) in [6, 6.07) is 5.00. The fraction of sp³-hybridized carbons (Fsp3) is 0.478. The van der Waals surface area contributed by atoms with Crippen LogP contribution in [0.2, 0.25) is 0 Å². The van der Waals surface area contributed by atoms with Crippen LogP contribution in [-0.2, 0) is 7.05 Å². The Morgan fingerprint density at radius 3 is 2.58 bits per heavy atom.